The zero-order valence-electron chi connectivity index (χ0n) is 14.8. The van der Waals surface area contributed by atoms with Gasteiger partial charge in [0.15, 0.2) is 0 Å². The molecule has 27 heavy (non-hydrogen) atoms. The zero-order valence-corrected chi connectivity index (χ0v) is 14.8. The van der Waals surface area contributed by atoms with E-state index in [2.05, 4.69) is 36.0 Å². The van der Waals surface area contributed by atoms with Crippen LogP contribution in [0.25, 0.3) is 22.4 Å². The lowest BCUT2D eigenvalue weighted by Gasteiger charge is -2.29. The van der Waals surface area contributed by atoms with Crippen molar-refractivity contribution in [2.45, 2.75) is 43.8 Å². The Morgan fingerprint density at radius 1 is 1.04 bits per heavy atom. The van der Waals surface area contributed by atoms with E-state index in [1.54, 1.807) is 24.7 Å². The number of aromatic nitrogens is 5. The second kappa shape index (κ2) is 6.62. The van der Waals surface area contributed by atoms with Crippen LogP contribution in [-0.4, -0.2) is 48.6 Å². The molecule has 1 unspecified atom stereocenters. The van der Waals surface area contributed by atoms with E-state index in [4.69, 9.17) is 0 Å². The maximum atomic E-state index is 10.4. The van der Waals surface area contributed by atoms with Crippen LogP contribution in [0, 0.1) is 0 Å². The molecular weight excluding hydrogens is 342 g/mol. The maximum absolute atomic E-state index is 10.4. The van der Waals surface area contributed by atoms with Gasteiger partial charge in [-0.15, -0.1) is 10.2 Å². The van der Waals surface area contributed by atoms with Crippen molar-refractivity contribution in [2.75, 3.05) is 5.32 Å². The van der Waals surface area contributed by atoms with E-state index in [0.29, 0.717) is 35.3 Å². The number of aromatic hydroxyl groups is 1. The first kappa shape index (κ1) is 16.2. The summed E-state index contributed by atoms with van der Waals surface area (Å²) in [6.45, 7) is 0. The SMILES string of the molecule is Oc1cc(-c2cn[nH]c2)ccc1-c1cnc(NC2C[C@H]3CC[C@@H](C2)N3)nn1. The van der Waals surface area contributed by atoms with Crippen LogP contribution in [0.1, 0.15) is 25.7 Å². The van der Waals surface area contributed by atoms with Crippen LogP contribution in [0.5, 0.6) is 5.75 Å². The van der Waals surface area contributed by atoms with Crippen LogP contribution in [-0.2, 0) is 0 Å². The van der Waals surface area contributed by atoms with Crippen molar-refractivity contribution in [1.29, 1.82) is 0 Å². The van der Waals surface area contributed by atoms with Gasteiger partial charge in [-0.25, -0.2) is 4.98 Å². The summed E-state index contributed by atoms with van der Waals surface area (Å²) < 4.78 is 0. The summed E-state index contributed by atoms with van der Waals surface area (Å²) in [6.07, 6.45) is 9.85. The minimum absolute atomic E-state index is 0.139. The summed E-state index contributed by atoms with van der Waals surface area (Å²) in [6, 6.07) is 7.04. The Hall–Kier alpha value is -3.00. The van der Waals surface area contributed by atoms with Crippen molar-refractivity contribution >= 4 is 5.95 Å². The van der Waals surface area contributed by atoms with E-state index in [1.807, 2.05) is 12.1 Å². The van der Waals surface area contributed by atoms with Crippen molar-refractivity contribution < 1.29 is 5.11 Å². The Bertz CT molecular complexity index is 914. The first-order valence-electron chi connectivity index (χ1n) is 9.29. The average Bonchev–Trinajstić information content (AvgIpc) is 3.32. The molecule has 0 spiro atoms. The fraction of sp³-hybridized carbons (Fsp3) is 0.368. The molecule has 0 amide bonds. The molecule has 2 saturated heterocycles. The fourth-order valence-electron chi connectivity index (χ4n) is 4.16. The van der Waals surface area contributed by atoms with E-state index in [1.165, 1.54) is 12.8 Å². The van der Waals surface area contributed by atoms with Gasteiger partial charge in [0.1, 0.15) is 11.4 Å². The topological polar surface area (TPSA) is 112 Å². The second-order valence-electron chi connectivity index (χ2n) is 7.34. The van der Waals surface area contributed by atoms with Crippen LogP contribution < -0.4 is 10.6 Å². The number of phenolic OH excluding ortho intramolecular Hbond substituents is 1. The number of nitrogens with one attached hydrogen (secondary N) is 3. The van der Waals surface area contributed by atoms with E-state index < -0.39 is 0 Å². The molecule has 3 atom stereocenters. The molecule has 4 heterocycles. The number of hydrogen-bond acceptors (Lipinski definition) is 7. The Morgan fingerprint density at radius 3 is 2.56 bits per heavy atom. The smallest absolute Gasteiger partial charge is 0.242 e. The third kappa shape index (κ3) is 3.23. The standard InChI is InChI=1S/C19H21N7O/c27-18-5-11(12-8-21-22-9-12)1-4-16(18)17-10-20-19(26-25-17)24-15-6-13-2-3-14(7-15)23-13/h1,4-5,8-10,13-15,23,27H,2-3,6-7H2,(H,21,22)(H,20,24,26)/t13-,14+,15?. The lowest BCUT2D eigenvalue weighted by Crippen LogP contribution is -2.43. The van der Waals surface area contributed by atoms with Gasteiger partial charge in [-0.05, 0) is 43.4 Å². The van der Waals surface area contributed by atoms with Crippen molar-refractivity contribution in [3.8, 4) is 28.1 Å². The second-order valence-corrected chi connectivity index (χ2v) is 7.34. The van der Waals surface area contributed by atoms with E-state index >= 15 is 0 Å². The largest absolute Gasteiger partial charge is 0.507 e. The van der Waals surface area contributed by atoms with Gasteiger partial charge in [0, 0.05) is 35.4 Å². The molecule has 138 valence electrons. The third-order valence-electron chi connectivity index (χ3n) is 5.47. The zero-order chi connectivity index (χ0) is 18.2. The highest BCUT2D eigenvalue weighted by molar-refractivity contribution is 5.73. The lowest BCUT2D eigenvalue weighted by molar-refractivity contribution is 0.377. The molecule has 2 aromatic heterocycles. The monoisotopic (exact) mass is 363 g/mol. The van der Waals surface area contributed by atoms with Gasteiger partial charge in [0.05, 0.1) is 12.4 Å². The summed E-state index contributed by atoms with van der Waals surface area (Å²) in [5, 5.41) is 32.6. The van der Waals surface area contributed by atoms with Crippen molar-refractivity contribution in [3.05, 3.63) is 36.8 Å². The van der Waals surface area contributed by atoms with Gasteiger partial charge in [0.2, 0.25) is 5.95 Å². The fourth-order valence-corrected chi connectivity index (χ4v) is 4.16. The molecule has 5 rings (SSSR count). The molecule has 8 heteroatoms. The van der Waals surface area contributed by atoms with Gasteiger partial charge >= 0.3 is 0 Å². The Balaban J connectivity index is 1.31. The number of aromatic amines is 1. The molecule has 2 fully saturated rings. The van der Waals surface area contributed by atoms with E-state index in [9.17, 15) is 5.11 Å². The highest BCUT2D eigenvalue weighted by Gasteiger charge is 2.33. The molecule has 8 nitrogen and oxygen atoms in total. The van der Waals surface area contributed by atoms with Crippen LogP contribution in [0.2, 0.25) is 0 Å². The number of rotatable bonds is 4. The predicted octanol–water partition coefficient (Wildman–Crippen LogP) is 2.33. The van der Waals surface area contributed by atoms with Crippen molar-refractivity contribution in [2.24, 2.45) is 0 Å². The Kier molecular flexibility index (Phi) is 3.97. The summed E-state index contributed by atoms with van der Waals surface area (Å²) in [5.74, 6) is 0.681. The number of phenols is 1. The van der Waals surface area contributed by atoms with Gasteiger partial charge in [-0.3, -0.25) is 5.10 Å². The minimum atomic E-state index is 0.139. The lowest BCUT2D eigenvalue weighted by atomic mass is 10.0. The summed E-state index contributed by atoms with van der Waals surface area (Å²) in [5.41, 5.74) is 2.94. The van der Waals surface area contributed by atoms with Crippen molar-refractivity contribution in [1.82, 2.24) is 30.7 Å². The molecule has 2 aliphatic rings. The first-order chi connectivity index (χ1) is 13.2. The van der Waals surface area contributed by atoms with Crippen LogP contribution in [0.15, 0.2) is 36.8 Å². The highest BCUT2D eigenvalue weighted by Crippen LogP contribution is 2.32. The highest BCUT2D eigenvalue weighted by atomic mass is 16.3. The number of H-pyrrole nitrogens is 1. The predicted molar refractivity (Wildman–Crippen MR) is 101 cm³/mol. The number of nitrogens with zero attached hydrogens (tertiary/aromatic N) is 4. The molecule has 4 N–H and O–H groups in total. The maximum Gasteiger partial charge on any atom is 0.242 e. The van der Waals surface area contributed by atoms with Gasteiger partial charge < -0.3 is 15.7 Å². The van der Waals surface area contributed by atoms with Gasteiger partial charge in [0.25, 0.3) is 0 Å². The Labute approximate surface area is 156 Å². The molecule has 0 aliphatic carbocycles. The minimum Gasteiger partial charge on any atom is -0.507 e. The summed E-state index contributed by atoms with van der Waals surface area (Å²) >= 11 is 0. The number of hydrogen-bond donors (Lipinski definition) is 4. The normalized spacial score (nSPS) is 24.1. The van der Waals surface area contributed by atoms with Crippen LogP contribution >= 0.6 is 0 Å². The molecule has 2 bridgehead atoms. The molecule has 0 saturated carbocycles. The molecule has 1 aromatic carbocycles. The van der Waals surface area contributed by atoms with E-state index in [-0.39, 0.29) is 5.75 Å². The average molecular weight is 363 g/mol. The third-order valence-corrected chi connectivity index (χ3v) is 5.47. The van der Waals surface area contributed by atoms with Crippen LogP contribution in [0.4, 0.5) is 5.95 Å². The van der Waals surface area contributed by atoms with Gasteiger partial charge in [-0.1, -0.05) is 6.07 Å². The van der Waals surface area contributed by atoms with Crippen molar-refractivity contribution in [3.63, 3.8) is 0 Å². The number of benzene rings is 1. The van der Waals surface area contributed by atoms with Gasteiger partial charge in [-0.2, -0.15) is 5.10 Å². The quantitative estimate of drug-likeness (QED) is 0.563. The Morgan fingerprint density at radius 2 is 1.89 bits per heavy atom. The molecule has 2 aliphatic heterocycles. The first-order valence-corrected chi connectivity index (χ1v) is 9.29. The summed E-state index contributed by atoms with van der Waals surface area (Å²) in [7, 11) is 0. The molecule has 0 radical (unpaired) electrons. The molecular formula is C19H21N7O. The summed E-state index contributed by atoms with van der Waals surface area (Å²) in [4.78, 5) is 4.40. The van der Waals surface area contributed by atoms with E-state index in [0.717, 1.165) is 24.0 Å². The molecule has 3 aromatic rings. The number of anilines is 1. The number of fused-ring (bicyclic) bond motifs is 2. The van der Waals surface area contributed by atoms with Crippen LogP contribution in [0.3, 0.4) is 0 Å². The number of piperidine rings is 1.